The van der Waals surface area contributed by atoms with Gasteiger partial charge in [-0.2, -0.15) is 0 Å². The Bertz CT molecular complexity index is 1010. The minimum atomic E-state index is -1.02. The maximum absolute atomic E-state index is 12.1. The summed E-state index contributed by atoms with van der Waals surface area (Å²) < 4.78 is 10.4. The Kier molecular flexibility index (Phi) is 7.84. The molecule has 0 fully saturated rings. The van der Waals surface area contributed by atoms with Crippen molar-refractivity contribution in [2.45, 2.75) is 18.4 Å². The van der Waals surface area contributed by atoms with E-state index < -0.39 is 24.1 Å². The number of carbonyl (C=O) groups is 3. The molecule has 0 heterocycles. The highest BCUT2D eigenvalue weighted by molar-refractivity contribution is 5.93. The maximum Gasteiger partial charge on any atom is 0.407 e. The molecule has 2 aromatic carbocycles. The average Bonchev–Trinajstić information content (AvgIpc) is 3.11. The van der Waals surface area contributed by atoms with Gasteiger partial charge in [0, 0.05) is 19.6 Å². The molecule has 8 heteroatoms. The third-order valence-electron chi connectivity index (χ3n) is 5.09. The molecule has 1 aliphatic carbocycles. The first kappa shape index (κ1) is 22.8. The molecule has 2 aromatic rings. The zero-order valence-corrected chi connectivity index (χ0v) is 17.6. The van der Waals surface area contributed by atoms with E-state index in [9.17, 15) is 14.4 Å². The number of amides is 2. The third kappa shape index (κ3) is 5.86. The molecule has 0 saturated heterocycles. The van der Waals surface area contributed by atoms with E-state index in [2.05, 4.69) is 34.6 Å². The molecule has 3 rings (SSSR count). The van der Waals surface area contributed by atoms with Crippen LogP contribution in [0.1, 0.15) is 23.5 Å². The second kappa shape index (κ2) is 11.0. The molecule has 3 N–H and O–H groups in total. The summed E-state index contributed by atoms with van der Waals surface area (Å²) in [5.41, 5.74) is 4.53. The van der Waals surface area contributed by atoms with Gasteiger partial charge in [0.05, 0.1) is 19.1 Å². The summed E-state index contributed by atoms with van der Waals surface area (Å²) in [4.78, 5) is 34.4. The van der Waals surface area contributed by atoms with Gasteiger partial charge in [-0.3, -0.25) is 9.59 Å². The highest BCUT2D eigenvalue weighted by atomic mass is 16.5. The highest BCUT2D eigenvalue weighted by Crippen LogP contribution is 2.44. The molecule has 1 unspecified atom stereocenters. The minimum absolute atomic E-state index is 0.0239. The Labute approximate surface area is 185 Å². The number of hydrogen-bond donors (Lipinski definition) is 3. The monoisotopic (exact) mass is 436 g/mol. The Morgan fingerprint density at radius 1 is 1.03 bits per heavy atom. The number of rotatable bonds is 8. The molecule has 8 nitrogen and oxygen atoms in total. The van der Waals surface area contributed by atoms with E-state index in [-0.39, 0.29) is 32.0 Å². The fourth-order valence-electron chi connectivity index (χ4n) is 3.57. The lowest BCUT2D eigenvalue weighted by atomic mass is 9.98. The van der Waals surface area contributed by atoms with E-state index in [4.69, 9.17) is 14.6 Å². The number of hydrogen-bond acceptors (Lipinski definition) is 5. The van der Waals surface area contributed by atoms with Crippen LogP contribution in [0, 0.1) is 11.8 Å². The maximum atomic E-state index is 12.1. The number of fused-ring (bicyclic) bond motifs is 3. The van der Waals surface area contributed by atoms with Crippen molar-refractivity contribution in [3.8, 4) is 23.0 Å². The number of alkyl carbamates (subject to hydrolysis) is 1. The Balaban J connectivity index is 1.44. The van der Waals surface area contributed by atoms with Crippen molar-refractivity contribution >= 4 is 18.0 Å². The van der Waals surface area contributed by atoms with Gasteiger partial charge in [0.25, 0.3) is 5.91 Å². The average molecular weight is 436 g/mol. The lowest BCUT2D eigenvalue weighted by molar-refractivity contribution is -0.140. The third-order valence-corrected chi connectivity index (χ3v) is 5.09. The van der Waals surface area contributed by atoms with Crippen LogP contribution in [0.15, 0.2) is 48.5 Å². The standard InChI is InChI=1S/C24H24N2O6/c1-31-16(13-23(28)29)14-26-22(27)11-6-12-25-24(30)32-15-21-19-9-4-2-7-17(19)18-8-3-5-10-20(18)21/h2-5,7-10,16,21H,12-15H2,1H3,(H,25,30)(H,26,27)(H,28,29). The molecule has 32 heavy (non-hydrogen) atoms. The van der Waals surface area contributed by atoms with Crippen molar-refractivity contribution in [2.24, 2.45) is 0 Å². The van der Waals surface area contributed by atoms with Crippen LogP contribution < -0.4 is 10.6 Å². The predicted molar refractivity (Wildman–Crippen MR) is 117 cm³/mol. The van der Waals surface area contributed by atoms with Gasteiger partial charge in [0.15, 0.2) is 0 Å². The SMILES string of the molecule is COC(CNC(=O)C#CCNC(=O)OCC1c2ccccc2-c2ccccc21)CC(=O)O. The summed E-state index contributed by atoms with van der Waals surface area (Å²) in [6, 6.07) is 16.1. The Morgan fingerprint density at radius 3 is 2.25 bits per heavy atom. The smallest absolute Gasteiger partial charge is 0.407 e. The molecular weight excluding hydrogens is 412 g/mol. The van der Waals surface area contributed by atoms with Crippen molar-refractivity contribution in [2.75, 3.05) is 26.8 Å². The number of carbonyl (C=O) groups excluding carboxylic acids is 2. The number of benzene rings is 2. The lowest BCUT2D eigenvalue weighted by Gasteiger charge is -2.14. The van der Waals surface area contributed by atoms with Crippen LogP contribution in [-0.4, -0.2) is 56.0 Å². The van der Waals surface area contributed by atoms with Gasteiger partial charge >= 0.3 is 12.1 Å². The summed E-state index contributed by atoms with van der Waals surface area (Å²) in [5.74, 6) is 3.20. The predicted octanol–water partition coefficient (Wildman–Crippen LogP) is 2.13. The summed E-state index contributed by atoms with van der Waals surface area (Å²) in [7, 11) is 1.36. The second-order valence-electron chi connectivity index (χ2n) is 7.15. The molecule has 0 saturated carbocycles. The molecule has 0 aliphatic heterocycles. The van der Waals surface area contributed by atoms with Crippen LogP contribution in [0.3, 0.4) is 0 Å². The topological polar surface area (TPSA) is 114 Å². The number of carboxylic acids is 1. The van der Waals surface area contributed by atoms with Gasteiger partial charge in [-0.1, -0.05) is 54.5 Å². The minimum Gasteiger partial charge on any atom is -0.481 e. The van der Waals surface area contributed by atoms with E-state index in [1.165, 1.54) is 7.11 Å². The van der Waals surface area contributed by atoms with Crippen LogP contribution in [0.4, 0.5) is 4.79 Å². The van der Waals surface area contributed by atoms with Crippen LogP contribution in [0.25, 0.3) is 11.1 Å². The first-order chi connectivity index (χ1) is 15.5. The van der Waals surface area contributed by atoms with Gasteiger partial charge in [0.1, 0.15) is 6.61 Å². The lowest BCUT2D eigenvalue weighted by Crippen LogP contribution is -2.34. The van der Waals surface area contributed by atoms with Gasteiger partial charge < -0.3 is 25.2 Å². The zero-order valence-electron chi connectivity index (χ0n) is 17.6. The molecule has 166 valence electrons. The van der Waals surface area contributed by atoms with Crippen molar-refractivity contribution in [1.29, 1.82) is 0 Å². The first-order valence-electron chi connectivity index (χ1n) is 10.1. The van der Waals surface area contributed by atoms with Crippen LogP contribution in [0.5, 0.6) is 0 Å². The largest absolute Gasteiger partial charge is 0.481 e. The van der Waals surface area contributed by atoms with Crippen molar-refractivity contribution < 1.29 is 29.0 Å². The van der Waals surface area contributed by atoms with Gasteiger partial charge in [-0.05, 0) is 28.2 Å². The van der Waals surface area contributed by atoms with E-state index in [0.717, 1.165) is 22.3 Å². The van der Waals surface area contributed by atoms with Crippen LogP contribution >= 0.6 is 0 Å². The summed E-state index contributed by atoms with van der Waals surface area (Å²) in [6.45, 7) is 0.152. The fourth-order valence-corrected chi connectivity index (χ4v) is 3.57. The normalized spacial score (nSPS) is 12.5. The molecule has 0 bridgehead atoms. The molecular formula is C24H24N2O6. The number of ether oxygens (including phenoxy) is 2. The van der Waals surface area contributed by atoms with E-state index in [1.807, 2.05) is 36.4 Å². The summed E-state index contributed by atoms with van der Waals surface area (Å²) in [6.07, 6.45) is -1.49. The molecule has 1 aliphatic rings. The van der Waals surface area contributed by atoms with Crippen molar-refractivity contribution in [3.63, 3.8) is 0 Å². The van der Waals surface area contributed by atoms with Gasteiger partial charge in [-0.15, -0.1) is 0 Å². The van der Waals surface area contributed by atoms with E-state index in [0.29, 0.717) is 0 Å². The van der Waals surface area contributed by atoms with Crippen LogP contribution in [0.2, 0.25) is 0 Å². The first-order valence-corrected chi connectivity index (χ1v) is 10.1. The van der Waals surface area contributed by atoms with E-state index in [1.54, 1.807) is 0 Å². The van der Waals surface area contributed by atoms with Crippen LogP contribution in [-0.2, 0) is 19.1 Å². The molecule has 1 atom stereocenters. The number of aliphatic carboxylic acids is 1. The number of nitrogens with one attached hydrogen (secondary N) is 2. The number of methoxy groups -OCH3 is 1. The quantitative estimate of drug-likeness (QED) is 0.547. The van der Waals surface area contributed by atoms with Crippen molar-refractivity contribution in [1.82, 2.24) is 10.6 Å². The van der Waals surface area contributed by atoms with E-state index >= 15 is 0 Å². The zero-order chi connectivity index (χ0) is 22.9. The van der Waals surface area contributed by atoms with Gasteiger partial charge in [-0.25, -0.2) is 4.79 Å². The fraction of sp³-hybridized carbons (Fsp3) is 0.292. The summed E-state index contributed by atoms with van der Waals surface area (Å²) >= 11 is 0. The van der Waals surface area contributed by atoms with Crippen molar-refractivity contribution in [3.05, 3.63) is 59.7 Å². The molecule has 0 spiro atoms. The Morgan fingerprint density at radius 2 is 1.66 bits per heavy atom. The second-order valence-corrected chi connectivity index (χ2v) is 7.15. The molecule has 0 aromatic heterocycles. The number of carboxylic acid groups (broad SMARTS) is 1. The molecule has 2 amide bonds. The Hall–Kier alpha value is -3.83. The van der Waals surface area contributed by atoms with Gasteiger partial charge in [0.2, 0.25) is 0 Å². The highest BCUT2D eigenvalue weighted by Gasteiger charge is 2.28. The summed E-state index contributed by atoms with van der Waals surface area (Å²) in [5, 5.41) is 13.7. The molecule has 0 radical (unpaired) electrons.